The minimum atomic E-state index is -0.914. The average molecular weight is 280 g/mol. The van der Waals surface area contributed by atoms with Crippen LogP contribution in [-0.2, 0) is 7.05 Å². The lowest BCUT2D eigenvalue weighted by atomic mass is 10.1. The van der Waals surface area contributed by atoms with Gasteiger partial charge in [0.1, 0.15) is 5.69 Å². The zero-order valence-corrected chi connectivity index (χ0v) is 10.2. The maximum absolute atomic E-state index is 11.1. The highest BCUT2D eigenvalue weighted by Crippen LogP contribution is 2.26. The van der Waals surface area contributed by atoms with Crippen molar-refractivity contribution >= 4 is 21.9 Å². The zero-order valence-electron chi connectivity index (χ0n) is 8.64. The molecule has 1 heterocycles. The summed E-state index contributed by atoms with van der Waals surface area (Å²) in [5, 5.41) is 9.13. The van der Waals surface area contributed by atoms with Gasteiger partial charge in [-0.05, 0) is 23.8 Å². The lowest BCUT2D eigenvalue weighted by molar-refractivity contribution is 0.0687. The van der Waals surface area contributed by atoms with Crippen LogP contribution in [0.25, 0.3) is 11.1 Å². The molecular formula is C12H10BrNO2. The fraction of sp³-hybridized carbons (Fsp3) is 0.0833. The minimum Gasteiger partial charge on any atom is -0.477 e. The molecule has 1 aromatic heterocycles. The fourth-order valence-corrected chi connectivity index (χ4v) is 2.08. The number of halogens is 1. The molecule has 82 valence electrons. The van der Waals surface area contributed by atoms with Crippen LogP contribution in [0.3, 0.4) is 0 Å². The largest absolute Gasteiger partial charge is 0.477 e. The fourth-order valence-electron chi connectivity index (χ4n) is 1.68. The molecule has 0 aliphatic heterocycles. The van der Waals surface area contributed by atoms with Gasteiger partial charge in [-0.3, -0.25) is 0 Å². The first-order valence-electron chi connectivity index (χ1n) is 4.74. The number of hydrogen-bond acceptors (Lipinski definition) is 1. The lowest BCUT2D eigenvalue weighted by Crippen LogP contribution is -2.05. The molecule has 4 heteroatoms. The van der Waals surface area contributed by atoms with E-state index in [1.165, 1.54) is 0 Å². The van der Waals surface area contributed by atoms with Crippen LogP contribution in [0.1, 0.15) is 10.5 Å². The number of aryl methyl sites for hydroxylation is 1. The quantitative estimate of drug-likeness (QED) is 0.918. The molecule has 0 bridgehead atoms. The molecule has 0 saturated heterocycles. The maximum atomic E-state index is 11.1. The summed E-state index contributed by atoms with van der Waals surface area (Å²) in [5.41, 5.74) is 1.93. The van der Waals surface area contributed by atoms with Crippen LogP contribution in [0.4, 0.5) is 0 Å². The number of carbonyl (C=O) groups is 1. The number of carboxylic acids is 1. The van der Waals surface area contributed by atoms with E-state index in [4.69, 9.17) is 5.11 Å². The second kappa shape index (κ2) is 4.14. The third-order valence-corrected chi connectivity index (χ3v) is 2.90. The van der Waals surface area contributed by atoms with Crippen LogP contribution in [0, 0.1) is 0 Å². The first kappa shape index (κ1) is 11.0. The van der Waals surface area contributed by atoms with E-state index in [0.717, 1.165) is 15.6 Å². The summed E-state index contributed by atoms with van der Waals surface area (Å²) < 4.78 is 2.55. The van der Waals surface area contributed by atoms with Crippen molar-refractivity contribution in [2.24, 2.45) is 7.05 Å². The first-order chi connectivity index (χ1) is 7.59. The van der Waals surface area contributed by atoms with Crippen molar-refractivity contribution in [1.82, 2.24) is 4.57 Å². The van der Waals surface area contributed by atoms with Crippen molar-refractivity contribution in [2.45, 2.75) is 0 Å². The molecule has 0 spiro atoms. The summed E-state index contributed by atoms with van der Waals surface area (Å²) in [4.78, 5) is 11.1. The summed E-state index contributed by atoms with van der Waals surface area (Å²) in [7, 11) is 1.73. The predicted octanol–water partition coefficient (Wildman–Crippen LogP) is 3.15. The van der Waals surface area contributed by atoms with Gasteiger partial charge in [0.2, 0.25) is 0 Å². The van der Waals surface area contributed by atoms with Gasteiger partial charge in [-0.1, -0.05) is 28.1 Å². The van der Waals surface area contributed by atoms with Gasteiger partial charge < -0.3 is 9.67 Å². The Morgan fingerprint density at radius 1 is 1.38 bits per heavy atom. The van der Waals surface area contributed by atoms with Gasteiger partial charge in [0, 0.05) is 23.3 Å². The monoisotopic (exact) mass is 279 g/mol. The lowest BCUT2D eigenvalue weighted by Gasteiger charge is -2.03. The normalized spacial score (nSPS) is 10.4. The Kier molecular flexibility index (Phi) is 2.83. The summed E-state index contributed by atoms with van der Waals surface area (Å²) in [6.07, 6.45) is 1.75. The molecule has 0 radical (unpaired) electrons. The molecule has 0 unspecified atom stereocenters. The molecule has 3 nitrogen and oxygen atoms in total. The SMILES string of the molecule is Cn1ccc(-c2cccc(Br)c2)c1C(=O)O. The van der Waals surface area contributed by atoms with E-state index >= 15 is 0 Å². The predicted molar refractivity (Wildman–Crippen MR) is 65.5 cm³/mol. The second-order valence-electron chi connectivity index (χ2n) is 3.50. The summed E-state index contributed by atoms with van der Waals surface area (Å²) >= 11 is 3.37. The van der Waals surface area contributed by atoms with Crippen molar-refractivity contribution in [3.05, 3.63) is 46.7 Å². The van der Waals surface area contributed by atoms with E-state index in [0.29, 0.717) is 5.69 Å². The molecule has 2 rings (SSSR count). The standard InChI is InChI=1S/C12H10BrNO2/c1-14-6-5-10(11(14)12(15)16)8-3-2-4-9(13)7-8/h2-7H,1H3,(H,15,16). The van der Waals surface area contributed by atoms with E-state index in [2.05, 4.69) is 15.9 Å². The average Bonchev–Trinajstić information content (AvgIpc) is 2.60. The molecular weight excluding hydrogens is 270 g/mol. The topological polar surface area (TPSA) is 42.2 Å². The highest BCUT2D eigenvalue weighted by Gasteiger charge is 2.15. The van der Waals surface area contributed by atoms with Crippen LogP contribution >= 0.6 is 15.9 Å². The van der Waals surface area contributed by atoms with Crippen molar-refractivity contribution in [3.8, 4) is 11.1 Å². The Hall–Kier alpha value is -1.55. The maximum Gasteiger partial charge on any atom is 0.353 e. The van der Waals surface area contributed by atoms with E-state index in [9.17, 15) is 4.79 Å². The van der Waals surface area contributed by atoms with Gasteiger partial charge in [0.05, 0.1) is 0 Å². The van der Waals surface area contributed by atoms with Crippen molar-refractivity contribution in [2.75, 3.05) is 0 Å². The van der Waals surface area contributed by atoms with Gasteiger partial charge in [-0.2, -0.15) is 0 Å². The molecule has 0 saturated carbocycles. The summed E-state index contributed by atoms with van der Waals surface area (Å²) in [6.45, 7) is 0. The van der Waals surface area contributed by atoms with Gasteiger partial charge in [-0.25, -0.2) is 4.79 Å². The number of hydrogen-bond donors (Lipinski definition) is 1. The van der Waals surface area contributed by atoms with Gasteiger partial charge in [0.15, 0.2) is 0 Å². The molecule has 1 aromatic carbocycles. The Morgan fingerprint density at radius 2 is 2.12 bits per heavy atom. The van der Waals surface area contributed by atoms with Gasteiger partial charge in [0.25, 0.3) is 0 Å². The van der Waals surface area contributed by atoms with Gasteiger partial charge >= 0.3 is 5.97 Å². The van der Waals surface area contributed by atoms with Crippen LogP contribution in [-0.4, -0.2) is 15.6 Å². The molecule has 1 N–H and O–H groups in total. The molecule has 0 aliphatic rings. The third kappa shape index (κ3) is 1.88. The van der Waals surface area contributed by atoms with Crippen molar-refractivity contribution < 1.29 is 9.90 Å². The highest BCUT2D eigenvalue weighted by molar-refractivity contribution is 9.10. The number of aromatic carboxylic acids is 1. The Bertz CT molecular complexity index is 546. The molecule has 16 heavy (non-hydrogen) atoms. The highest BCUT2D eigenvalue weighted by atomic mass is 79.9. The van der Waals surface area contributed by atoms with Crippen LogP contribution < -0.4 is 0 Å². The Balaban J connectivity index is 2.60. The van der Waals surface area contributed by atoms with Crippen molar-refractivity contribution in [1.29, 1.82) is 0 Å². The van der Waals surface area contributed by atoms with E-state index in [1.807, 2.05) is 30.3 Å². The van der Waals surface area contributed by atoms with Gasteiger partial charge in [-0.15, -0.1) is 0 Å². The molecule has 2 aromatic rings. The number of nitrogens with zero attached hydrogens (tertiary/aromatic N) is 1. The van der Waals surface area contributed by atoms with Crippen LogP contribution in [0.5, 0.6) is 0 Å². The van der Waals surface area contributed by atoms with Crippen LogP contribution in [0.15, 0.2) is 41.0 Å². The number of benzene rings is 1. The summed E-state index contributed by atoms with van der Waals surface area (Å²) in [6, 6.07) is 9.41. The molecule has 0 aliphatic carbocycles. The van der Waals surface area contributed by atoms with E-state index in [-0.39, 0.29) is 0 Å². The summed E-state index contributed by atoms with van der Waals surface area (Å²) in [5.74, 6) is -0.914. The minimum absolute atomic E-state index is 0.304. The Labute approximate surface area is 101 Å². The van der Waals surface area contributed by atoms with Crippen molar-refractivity contribution in [3.63, 3.8) is 0 Å². The van der Waals surface area contributed by atoms with E-state index in [1.54, 1.807) is 17.8 Å². The molecule has 0 amide bonds. The smallest absolute Gasteiger partial charge is 0.353 e. The first-order valence-corrected chi connectivity index (χ1v) is 5.53. The number of carboxylic acid groups (broad SMARTS) is 1. The second-order valence-corrected chi connectivity index (χ2v) is 4.42. The van der Waals surface area contributed by atoms with E-state index < -0.39 is 5.97 Å². The molecule has 0 fully saturated rings. The number of aromatic nitrogens is 1. The van der Waals surface area contributed by atoms with Crippen LogP contribution in [0.2, 0.25) is 0 Å². The Morgan fingerprint density at radius 3 is 2.75 bits per heavy atom. The third-order valence-electron chi connectivity index (χ3n) is 2.41. The number of rotatable bonds is 2. The molecule has 0 atom stereocenters. The zero-order chi connectivity index (χ0) is 11.7.